The third-order valence-electron chi connectivity index (χ3n) is 5.70. The number of thioether (sulfide) groups is 1. The molecule has 2 aromatic heterocycles. The highest BCUT2D eigenvalue weighted by Crippen LogP contribution is 2.32. The number of anilines is 1. The Labute approximate surface area is 205 Å². The topological polar surface area (TPSA) is 63.9 Å². The summed E-state index contributed by atoms with van der Waals surface area (Å²) in [7, 11) is 0. The summed E-state index contributed by atoms with van der Waals surface area (Å²) < 4.78 is 2.05. The van der Waals surface area contributed by atoms with Gasteiger partial charge in [-0.1, -0.05) is 62.0 Å². The van der Waals surface area contributed by atoms with Crippen LogP contribution >= 0.6 is 11.8 Å². The summed E-state index contributed by atoms with van der Waals surface area (Å²) in [6.45, 7) is 8.97. The number of carbonyl (C=O) groups is 1. The first-order chi connectivity index (χ1) is 16.5. The molecule has 7 heteroatoms. The average molecular weight is 472 g/mol. The first kappa shape index (κ1) is 23.7. The summed E-state index contributed by atoms with van der Waals surface area (Å²) in [4.78, 5) is 19.3. The minimum Gasteiger partial charge on any atom is -0.312 e. The van der Waals surface area contributed by atoms with Crippen LogP contribution in [-0.2, 0) is 4.79 Å². The number of nitrogens with zero attached hydrogens (tertiary/aromatic N) is 5. The minimum atomic E-state index is 0.0384. The largest absolute Gasteiger partial charge is 0.312 e. The number of para-hydroxylation sites is 2. The average Bonchev–Trinajstić information content (AvgIpc) is 3.28. The van der Waals surface area contributed by atoms with Crippen LogP contribution in [-0.4, -0.2) is 38.0 Å². The van der Waals surface area contributed by atoms with Crippen molar-refractivity contribution >= 4 is 23.4 Å². The van der Waals surface area contributed by atoms with Crippen LogP contribution in [0.2, 0.25) is 0 Å². The van der Waals surface area contributed by atoms with Gasteiger partial charge in [-0.2, -0.15) is 0 Å². The van der Waals surface area contributed by atoms with Crippen LogP contribution in [0.5, 0.6) is 0 Å². The first-order valence-corrected chi connectivity index (χ1v) is 12.4. The van der Waals surface area contributed by atoms with Crippen LogP contribution in [0, 0.1) is 6.92 Å². The molecule has 0 saturated carbocycles. The zero-order valence-electron chi connectivity index (χ0n) is 20.0. The second kappa shape index (κ2) is 10.7. The molecule has 4 rings (SSSR count). The maximum atomic E-state index is 13.2. The Kier molecular flexibility index (Phi) is 7.43. The molecule has 0 atom stereocenters. The summed E-state index contributed by atoms with van der Waals surface area (Å²) in [6, 6.07) is 20.1. The van der Waals surface area contributed by atoms with Gasteiger partial charge in [-0.3, -0.25) is 14.3 Å². The fraction of sp³-hybridized carbons (Fsp3) is 0.259. The van der Waals surface area contributed by atoms with Crippen LogP contribution in [0.15, 0.2) is 78.2 Å². The molecule has 0 radical (unpaired) electrons. The van der Waals surface area contributed by atoms with E-state index < -0.39 is 0 Å². The molecule has 0 N–H and O–H groups in total. The molecule has 0 unspecified atom stereocenters. The van der Waals surface area contributed by atoms with Gasteiger partial charge in [0.2, 0.25) is 5.91 Å². The summed E-state index contributed by atoms with van der Waals surface area (Å²) in [6.07, 6.45) is 3.53. The lowest BCUT2D eigenvalue weighted by Crippen LogP contribution is -2.32. The second-order valence-corrected chi connectivity index (χ2v) is 9.25. The number of aryl methyl sites for hydroxylation is 1. The SMILES string of the molecule is CCN(C(=O)CSc1nnc(-c2cccnc2)n1-c1ccccc1C(C)C)c1ccccc1C. The molecule has 4 aromatic rings. The quantitative estimate of drug-likeness (QED) is 0.299. The van der Waals surface area contributed by atoms with Crippen molar-refractivity contribution in [3.8, 4) is 17.1 Å². The van der Waals surface area contributed by atoms with Gasteiger partial charge in [0.25, 0.3) is 0 Å². The molecule has 34 heavy (non-hydrogen) atoms. The van der Waals surface area contributed by atoms with E-state index in [1.165, 1.54) is 17.3 Å². The fourth-order valence-electron chi connectivity index (χ4n) is 3.99. The molecule has 174 valence electrons. The predicted octanol–water partition coefficient (Wildman–Crippen LogP) is 5.91. The predicted molar refractivity (Wildman–Crippen MR) is 139 cm³/mol. The molecule has 0 aliphatic carbocycles. The molecule has 0 spiro atoms. The lowest BCUT2D eigenvalue weighted by molar-refractivity contribution is -0.116. The van der Waals surface area contributed by atoms with Crippen molar-refractivity contribution < 1.29 is 4.79 Å². The molecule has 0 saturated heterocycles. The van der Waals surface area contributed by atoms with Crippen molar-refractivity contribution in [3.05, 3.63) is 84.2 Å². The molecular weight excluding hydrogens is 442 g/mol. The molecule has 2 aromatic carbocycles. The van der Waals surface area contributed by atoms with E-state index >= 15 is 0 Å². The number of aromatic nitrogens is 4. The van der Waals surface area contributed by atoms with Crippen molar-refractivity contribution in [2.45, 2.75) is 38.8 Å². The Morgan fingerprint density at radius 2 is 1.79 bits per heavy atom. The van der Waals surface area contributed by atoms with Crippen LogP contribution in [0.4, 0.5) is 5.69 Å². The van der Waals surface area contributed by atoms with E-state index in [4.69, 9.17) is 0 Å². The molecular formula is C27H29N5OS. The van der Waals surface area contributed by atoms with Gasteiger partial charge in [0.1, 0.15) is 0 Å². The van der Waals surface area contributed by atoms with Gasteiger partial charge in [0.05, 0.1) is 11.4 Å². The van der Waals surface area contributed by atoms with Crippen molar-refractivity contribution in [1.82, 2.24) is 19.7 Å². The van der Waals surface area contributed by atoms with Gasteiger partial charge < -0.3 is 4.90 Å². The van der Waals surface area contributed by atoms with E-state index in [0.29, 0.717) is 23.4 Å². The summed E-state index contributed by atoms with van der Waals surface area (Å²) in [5.74, 6) is 1.33. The highest BCUT2D eigenvalue weighted by Gasteiger charge is 2.22. The van der Waals surface area contributed by atoms with Gasteiger partial charge in [-0.05, 0) is 55.2 Å². The Morgan fingerprint density at radius 1 is 1.03 bits per heavy atom. The number of hydrogen-bond donors (Lipinski definition) is 0. The lowest BCUT2D eigenvalue weighted by atomic mass is 10.0. The maximum absolute atomic E-state index is 13.2. The van der Waals surface area contributed by atoms with E-state index in [2.05, 4.69) is 41.2 Å². The zero-order chi connectivity index (χ0) is 24.1. The van der Waals surface area contributed by atoms with E-state index in [1.54, 1.807) is 12.4 Å². The Hall–Kier alpha value is -3.45. The van der Waals surface area contributed by atoms with Crippen molar-refractivity contribution in [1.29, 1.82) is 0 Å². The van der Waals surface area contributed by atoms with Crippen molar-refractivity contribution in [2.75, 3.05) is 17.2 Å². The van der Waals surface area contributed by atoms with Gasteiger partial charge >= 0.3 is 0 Å². The molecule has 0 aliphatic heterocycles. The molecule has 0 aliphatic rings. The highest BCUT2D eigenvalue weighted by molar-refractivity contribution is 7.99. The maximum Gasteiger partial charge on any atom is 0.237 e. The Bertz CT molecular complexity index is 1270. The number of pyridine rings is 1. The van der Waals surface area contributed by atoms with Gasteiger partial charge in [-0.25, -0.2) is 0 Å². The van der Waals surface area contributed by atoms with Crippen LogP contribution in [0.1, 0.15) is 37.8 Å². The van der Waals surface area contributed by atoms with E-state index in [1.807, 2.05) is 71.8 Å². The van der Waals surface area contributed by atoms with E-state index in [-0.39, 0.29) is 11.7 Å². The van der Waals surface area contributed by atoms with Crippen molar-refractivity contribution in [3.63, 3.8) is 0 Å². The number of amides is 1. The van der Waals surface area contributed by atoms with Crippen LogP contribution in [0.3, 0.4) is 0 Å². The van der Waals surface area contributed by atoms with E-state index in [9.17, 15) is 4.79 Å². The minimum absolute atomic E-state index is 0.0384. The Balaban J connectivity index is 1.70. The third-order valence-corrected chi connectivity index (χ3v) is 6.61. The molecule has 6 nitrogen and oxygen atoms in total. The number of rotatable bonds is 8. The number of benzene rings is 2. The van der Waals surface area contributed by atoms with Gasteiger partial charge in [-0.15, -0.1) is 10.2 Å². The summed E-state index contributed by atoms with van der Waals surface area (Å²) in [5.41, 5.74) is 5.11. The normalized spacial score (nSPS) is 11.1. The molecule has 0 fully saturated rings. The lowest BCUT2D eigenvalue weighted by Gasteiger charge is -2.23. The third kappa shape index (κ3) is 4.89. The Morgan fingerprint density at radius 3 is 2.50 bits per heavy atom. The van der Waals surface area contributed by atoms with Gasteiger partial charge in [0.15, 0.2) is 11.0 Å². The number of carbonyl (C=O) groups excluding carboxylic acids is 1. The highest BCUT2D eigenvalue weighted by atomic mass is 32.2. The monoisotopic (exact) mass is 471 g/mol. The standard InChI is InChI=1S/C27H29N5OS/c1-5-31(23-14-8-6-11-20(23)4)25(33)18-34-27-30-29-26(21-12-10-16-28-17-21)32(27)24-15-9-7-13-22(24)19(2)3/h6-17,19H,5,18H2,1-4H3. The molecule has 2 heterocycles. The summed E-state index contributed by atoms with van der Waals surface area (Å²) in [5, 5.41) is 9.68. The summed E-state index contributed by atoms with van der Waals surface area (Å²) >= 11 is 1.41. The zero-order valence-corrected chi connectivity index (χ0v) is 20.8. The number of hydrogen-bond acceptors (Lipinski definition) is 5. The fourth-order valence-corrected chi connectivity index (χ4v) is 4.81. The van der Waals surface area contributed by atoms with Crippen LogP contribution in [0.25, 0.3) is 17.1 Å². The smallest absolute Gasteiger partial charge is 0.237 e. The first-order valence-electron chi connectivity index (χ1n) is 11.4. The van der Waals surface area contributed by atoms with Crippen LogP contribution < -0.4 is 4.90 Å². The van der Waals surface area contributed by atoms with E-state index in [0.717, 1.165) is 22.5 Å². The van der Waals surface area contributed by atoms with Crippen molar-refractivity contribution in [2.24, 2.45) is 0 Å². The second-order valence-electron chi connectivity index (χ2n) is 8.31. The molecule has 1 amide bonds. The molecule has 0 bridgehead atoms. The van der Waals surface area contributed by atoms with Gasteiger partial charge in [0, 0.05) is 30.2 Å².